The molecule has 5 nitrogen and oxygen atoms in total. The molecule has 0 atom stereocenters. The van der Waals surface area contributed by atoms with Crippen LogP contribution < -0.4 is 5.32 Å². The molecule has 102 valence electrons. The monoisotopic (exact) mass is 290 g/mol. The van der Waals surface area contributed by atoms with Crippen LogP contribution in [0.25, 0.3) is 0 Å². The van der Waals surface area contributed by atoms with E-state index in [1.165, 1.54) is 18.5 Å². The van der Waals surface area contributed by atoms with E-state index in [1.807, 2.05) is 0 Å². The molecule has 2 N–H and O–H groups in total. The van der Waals surface area contributed by atoms with Crippen molar-refractivity contribution in [1.82, 2.24) is 4.98 Å². The van der Waals surface area contributed by atoms with Crippen molar-refractivity contribution in [2.24, 2.45) is 0 Å². The van der Waals surface area contributed by atoms with Crippen molar-refractivity contribution in [2.45, 2.75) is 6.42 Å². The Morgan fingerprint density at radius 2 is 2.00 bits per heavy atom. The molecule has 0 spiro atoms. The summed E-state index contributed by atoms with van der Waals surface area (Å²) in [5.41, 5.74) is 1.20. The molecule has 0 saturated carbocycles. The number of benzene rings is 1. The molecule has 0 fully saturated rings. The number of aromatic nitrogens is 1. The van der Waals surface area contributed by atoms with Crippen LogP contribution in [0.5, 0.6) is 0 Å². The van der Waals surface area contributed by atoms with E-state index < -0.39 is 11.9 Å². The molecule has 0 aliphatic rings. The number of hydrogen-bond acceptors (Lipinski definition) is 3. The van der Waals surface area contributed by atoms with E-state index in [9.17, 15) is 9.59 Å². The molecule has 0 aliphatic heterocycles. The van der Waals surface area contributed by atoms with E-state index in [0.29, 0.717) is 11.3 Å². The number of carboxylic acids is 1. The minimum absolute atomic E-state index is 0.169. The standard InChI is InChI=1S/C14H11ClN2O3/c15-11-5-6-16-8-10(11)14(20)17-12-4-2-1-3-9(12)7-13(18)19/h1-6,8H,7H2,(H,17,20)(H,18,19). The third-order valence-electron chi connectivity index (χ3n) is 2.62. The van der Waals surface area contributed by atoms with Crippen LogP contribution in [0.15, 0.2) is 42.7 Å². The summed E-state index contributed by atoms with van der Waals surface area (Å²) in [5.74, 6) is -1.40. The van der Waals surface area contributed by atoms with Gasteiger partial charge in [0.15, 0.2) is 0 Å². The number of carbonyl (C=O) groups excluding carboxylic acids is 1. The smallest absolute Gasteiger partial charge is 0.307 e. The predicted molar refractivity (Wildman–Crippen MR) is 75.0 cm³/mol. The minimum atomic E-state index is -0.967. The molecule has 2 aromatic rings. The predicted octanol–water partition coefficient (Wildman–Crippen LogP) is 2.61. The molecule has 2 rings (SSSR count). The third kappa shape index (κ3) is 3.33. The van der Waals surface area contributed by atoms with Crippen molar-refractivity contribution >= 4 is 29.2 Å². The molecule has 0 aliphatic carbocycles. The van der Waals surface area contributed by atoms with Gasteiger partial charge in [0.1, 0.15) is 0 Å². The molecular weight excluding hydrogens is 280 g/mol. The lowest BCUT2D eigenvalue weighted by Crippen LogP contribution is -2.15. The number of carbonyl (C=O) groups is 2. The largest absolute Gasteiger partial charge is 0.481 e. The molecule has 0 saturated heterocycles. The lowest BCUT2D eigenvalue weighted by molar-refractivity contribution is -0.136. The molecule has 20 heavy (non-hydrogen) atoms. The lowest BCUT2D eigenvalue weighted by atomic mass is 10.1. The first kappa shape index (κ1) is 14.0. The molecule has 1 aromatic carbocycles. The van der Waals surface area contributed by atoms with Gasteiger partial charge in [-0.15, -0.1) is 0 Å². The van der Waals surface area contributed by atoms with E-state index in [0.717, 1.165) is 0 Å². The fourth-order valence-corrected chi connectivity index (χ4v) is 1.88. The van der Waals surface area contributed by atoms with E-state index in [-0.39, 0.29) is 17.0 Å². The zero-order valence-corrected chi connectivity index (χ0v) is 11.1. The summed E-state index contributed by atoms with van der Waals surface area (Å²) < 4.78 is 0. The van der Waals surface area contributed by atoms with E-state index in [2.05, 4.69) is 10.3 Å². The Morgan fingerprint density at radius 3 is 2.70 bits per heavy atom. The summed E-state index contributed by atoms with van der Waals surface area (Å²) in [5, 5.41) is 11.8. The van der Waals surface area contributed by atoms with Crippen LogP contribution >= 0.6 is 11.6 Å². The second-order valence-electron chi connectivity index (χ2n) is 4.04. The van der Waals surface area contributed by atoms with Gasteiger partial charge < -0.3 is 10.4 Å². The fourth-order valence-electron chi connectivity index (χ4n) is 1.69. The van der Waals surface area contributed by atoms with Gasteiger partial charge in [0, 0.05) is 18.1 Å². The third-order valence-corrected chi connectivity index (χ3v) is 2.95. The van der Waals surface area contributed by atoms with Gasteiger partial charge >= 0.3 is 5.97 Å². The summed E-state index contributed by atoms with van der Waals surface area (Å²) in [7, 11) is 0. The van der Waals surface area contributed by atoms with Crippen LogP contribution in [0, 0.1) is 0 Å². The van der Waals surface area contributed by atoms with Crippen LogP contribution in [0.2, 0.25) is 5.02 Å². The van der Waals surface area contributed by atoms with Crippen LogP contribution in [-0.2, 0) is 11.2 Å². The Labute approximate surface area is 120 Å². The summed E-state index contributed by atoms with van der Waals surface area (Å²) in [6, 6.07) is 8.23. The highest BCUT2D eigenvalue weighted by atomic mass is 35.5. The number of nitrogens with zero attached hydrogens (tertiary/aromatic N) is 1. The van der Waals surface area contributed by atoms with Crippen molar-refractivity contribution in [3.8, 4) is 0 Å². The number of rotatable bonds is 4. The second-order valence-corrected chi connectivity index (χ2v) is 4.44. The second kappa shape index (κ2) is 6.16. The molecule has 1 heterocycles. The average molecular weight is 291 g/mol. The first-order valence-corrected chi connectivity index (χ1v) is 6.16. The maximum atomic E-state index is 12.1. The highest BCUT2D eigenvalue weighted by molar-refractivity contribution is 6.34. The minimum Gasteiger partial charge on any atom is -0.481 e. The highest BCUT2D eigenvalue weighted by Crippen LogP contribution is 2.19. The van der Waals surface area contributed by atoms with Gasteiger partial charge in [-0.2, -0.15) is 0 Å². The van der Waals surface area contributed by atoms with Crippen molar-refractivity contribution in [3.05, 3.63) is 58.9 Å². The Balaban J connectivity index is 2.24. The van der Waals surface area contributed by atoms with Crippen molar-refractivity contribution in [3.63, 3.8) is 0 Å². The van der Waals surface area contributed by atoms with E-state index in [1.54, 1.807) is 24.3 Å². The first-order valence-electron chi connectivity index (χ1n) is 5.78. The number of amides is 1. The van der Waals surface area contributed by atoms with Crippen LogP contribution in [-0.4, -0.2) is 22.0 Å². The summed E-state index contributed by atoms with van der Waals surface area (Å²) in [6.07, 6.45) is 2.67. The van der Waals surface area contributed by atoms with Gasteiger partial charge in [0.25, 0.3) is 5.91 Å². The number of hydrogen-bond donors (Lipinski definition) is 2. The van der Waals surface area contributed by atoms with E-state index >= 15 is 0 Å². The average Bonchev–Trinajstić information content (AvgIpc) is 2.41. The van der Waals surface area contributed by atoms with Crippen LogP contribution in [0.4, 0.5) is 5.69 Å². The van der Waals surface area contributed by atoms with E-state index in [4.69, 9.17) is 16.7 Å². The summed E-state index contributed by atoms with van der Waals surface area (Å²) in [6.45, 7) is 0. The number of carboxylic acid groups (broad SMARTS) is 1. The molecular formula is C14H11ClN2O3. The number of aliphatic carboxylic acids is 1. The first-order chi connectivity index (χ1) is 9.58. The zero-order chi connectivity index (χ0) is 14.5. The molecule has 0 radical (unpaired) electrons. The normalized spacial score (nSPS) is 10.1. The zero-order valence-electron chi connectivity index (χ0n) is 10.3. The Hall–Kier alpha value is -2.40. The topological polar surface area (TPSA) is 79.3 Å². The number of pyridine rings is 1. The molecule has 1 amide bonds. The number of anilines is 1. The van der Waals surface area contributed by atoms with Crippen LogP contribution in [0.3, 0.4) is 0 Å². The van der Waals surface area contributed by atoms with Gasteiger partial charge in [-0.05, 0) is 17.7 Å². The van der Waals surface area contributed by atoms with Gasteiger partial charge in [-0.3, -0.25) is 14.6 Å². The quantitative estimate of drug-likeness (QED) is 0.907. The lowest BCUT2D eigenvalue weighted by Gasteiger charge is -2.10. The number of halogens is 1. The van der Waals surface area contributed by atoms with Crippen molar-refractivity contribution in [2.75, 3.05) is 5.32 Å². The van der Waals surface area contributed by atoms with Gasteiger partial charge in [0.05, 0.1) is 17.0 Å². The Kier molecular flexibility index (Phi) is 4.32. The molecule has 0 unspecified atom stereocenters. The van der Waals surface area contributed by atoms with Gasteiger partial charge in [-0.25, -0.2) is 0 Å². The Bertz CT molecular complexity index is 658. The number of para-hydroxylation sites is 1. The summed E-state index contributed by atoms with van der Waals surface area (Å²) in [4.78, 5) is 26.7. The SMILES string of the molecule is O=C(O)Cc1ccccc1NC(=O)c1cnccc1Cl. The van der Waals surface area contributed by atoms with Crippen LogP contribution in [0.1, 0.15) is 15.9 Å². The Morgan fingerprint density at radius 1 is 1.25 bits per heavy atom. The molecule has 1 aromatic heterocycles. The van der Waals surface area contributed by atoms with Gasteiger partial charge in [0.2, 0.25) is 0 Å². The van der Waals surface area contributed by atoms with Gasteiger partial charge in [-0.1, -0.05) is 29.8 Å². The highest BCUT2D eigenvalue weighted by Gasteiger charge is 2.13. The molecule has 0 bridgehead atoms. The van der Waals surface area contributed by atoms with Crippen molar-refractivity contribution < 1.29 is 14.7 Å². The fraction of sp³-hybridized carbons (Fsp3) is 0.0714. The van der Waals surface area contributed by atoms with Crippen molar-refractivity contribution in [1.29, 1.82) is 0 Å². The molecule has 6 heteroatoms. The maximum absolute atomic E-state index is 12.1. The number of nitrogens with one attached hydrogen (secondary N) is 1. The summed E-state index contributed by atoms with van der Waals surface area (Å²) >= 11 is 5.91. The maximum Gasteiger partial charge on any atom is 0.307 e.